The number of aromatic hydroxyl groups is 1. The van der Waals surface area contributed by atoms with Crippen LogP contribution >= 0.6 is 0 Å². The van der Waals surface area contributed by atoms with Crippen molar-refractivity contribution in [1.82, 2.24) is 0 Å². The van der Waals surface area contributed by atoms with Crippen molar-refractivity contribution in [3.05, 3.63) is 35.9 Å². The number of phenols is 1. The van der Waals surface area contributed by atoms with Crippen molar-refractivity contribution in [3.8, 4) is 5.75 Å². The van der Waals surface area contributed by atoms with Gasteiger partial charge in [0.05, 0.1) is 12.7 Å². The van der Waals surface area contributed by atoms with E-state index in [1.165, 1.54) is 7.11 Å². The zero-order valence-electron chi connectivity index (χ0n) is 9.56. The van der Waals surface area contributed by atoms with Crippen LogP contribution in [-0.4, -0.2) is 18.2 Å². The van der Waals surface area contributed by atoms with Gasteiger partial charge in [0.2, 0.25) is 0 Å². The smallest absolute Gasteiger partial charge is 0.338 e. The molecule has 3 heteroatoms. The third kappa shape index (κ3) is 3.12. The van der Waals surface area contributed by atoms with Crippen molar-refractivity contribution in [2.45, 2.75) is 19.8 Å². The van der Waals surface area contributed by atoms with Gasteiger partial charge in [-0.2, -0.15) is 0 Å². The standard InChI is InChI=1S/C13H16O3/c1-3-4-5-12(13(15)16-2)10-6-8-11(14)9-7-10/h5-9,14H,3-4H2,1-2H3. The minimum Gasteiger partial charge on any atom is -0.508 e. The molecule has 0 amide bonds. The Hall–Kier alpha value is -1.77. The van der Waals surface area contributed by atoms with Gasteiger partial charge in [-0.15, -0.1) is 0 Å². The maximum absolute atomic E-state index is 11.6. The van der Waals surface area contributed by atoms with Crippen LogP contribution < -0.4 is 0 Å². The molecule has 1 aromatic carbocycles. The molecule has 0 aliphatic carbocycles. The van der Waals surface area contributed by atoms with Crippen molar-refractivity contribution in [3.63, 3.8) is 0 Å². The lowest BCUT2D eigenvalue weighted by Crippen LogP contribution is -2.03. The van der Waals surface area contributed by atoms with E-state index in [-0.39, 0.29) is 11.7 Å². The van der Waals surface area contributed by atoms with Crippen LogP contribution in [0.15, 0.2) is 30.3 Å². The Bertz CT molecular complexity index is 377. The largest absolute Gasteiger partial charge is 0.508 e. The molecule has 0 fully saturated rings. The van der Waals surface area contributed by atoms with Crippen molar-refractivity contribution < 1.29 is 14.6 Å². The first kappa shape index (κ1) is 12.3. The summed E-state index contributed by atoms with van der Waals surface area (Å²) in [5.74, 6) is -0.164. The first-order valence-corrected chi connectivity index (χ1v) is 5.27. The number of carbonyl (C=O) groups is 1. The van der Waals surface area contributed by atoms with E-state index in [0.29, 0.717) is 5.57 Å². The minimum absolute atomic E-state index is 0.184. The number of ether oxygens (including phenoxy) is 1. The van der Waals surface area contributed by atoms with Crippen LogP contribution in [0.1, 0.15) is 25.3 Å². The van der Waals surface area contributed by atoms with E-state index in [1.54, 1.807) is 24.3 Å². The second kappa shape index (κ2) is 5.95. The van der Waals surface area contributed by atoms with Crippen molar-refractivity contribution in [2.24, 2.45) is 0 Å². The molecule has 0 radical (unpaired) electrons. The first-order valence-electron chi connectivity index (χ1n) is 5.27. The molecule has 0 atom stereocenters. The number of rotatable bonds is 4. The highest BCUT2D eigenvalue weighted by Gasteiger charge is 2.11. The molecule has 0 aliphatic heterocycles. The summed E-state index contributed by atoms with van der Waals surface area (Å²) in [7, 11) is 1.36. The van der Waals surface area contributed by atoms with Gasteiger partial charge in [-0.05, 0) is 24.1 Å². The second-order valence-corrected chi connectivity index (χ2v) is 3.44. The molecule has 0 saturated heterocycles. The summed E-state index contributed by atoms with van der Waals surface area (Å²) in [5.41, 5.74) is 1.31. The zero-order valence-corrected chi connectivity index (χ0v) is 9.56. The van der Waals surface area contributed by atoms with Crippen LogP contribution in [0, 0.1) is 0 Å². The third-order valence-corrected chi connectivity index (χ3v) is 2.22. The lowest BCUT2D eigenvalue weighted by molar-refractivity contribution is -0.133. The van der Waals surface area contributed by atoms with E-state index < -0.39 is 0 Å². The van der Waals surface area contributed by atoms with Crippen LogP contribution in [0.5, 0.6) is 5.75 Å². The summed E-state index contributed by atoms with van der Waals surface area (Å²) in [6, 6.07) is 6.51. The summed E-state index contributed by atoms with van der Waals surface area (Å²) < 4.78 is 4.72. The molecule has 0 spiro atoms. The van der Waals surface area contributed by atoms with Crippen LogP contribution in [0.25, 0.3) is 5.57 Å². The molecule has 3 nitrogen and oxygen atoms in total. The Labute approximate surface area is 95.4 Å². The molecule has 0 bridgehead atoms. The average Bonchev–Trinajstić information content (AvgIpc) is 2.31. The molecule has 1 aromatic rings. The Morgan fingerprint density at radius 3 is 2.50 bits per heavy atom. The first-order chi connectivity index (χ1) is 7.69. The molecule has 86 valence electrons. The molecular weight excluding hydrogens is 204 g/mol. The van der Waals surface area contributed by atoms with Crippen molar-refractivity contribution in [2.75, 3.05) is 7.11 Å². The van der Waals surface area contributed by atoms with Gasteiger partial charge in [0.1, 0.15) is 5.75 Å². The SMILES string of the molecule is CCCC=C(C(=O)OC)c1ccc(O)cc1. The quantitative estimate of drug-likeness (QED) is 0.627. The van der Waals surface area contributed by atoms with E-state index in [9.17, 15) is 9.90 Å². The summed E-state index contributed by atoms with van der Waals surface area (Å²) >= 11 is 0. The van der Waals surface area contributed by atoms with Gasteiger partial charge in [0, 0.05) is 0 Å². The molecule has 1 N–H and O–H groups in total. The Balaban J connectivity index is 3.01. The number of carbonyl (C=O) groups excluding carboxylic acids is 1. The topological polar surface area (TPSA) is 46.5 Å². The highest BCUT2D eigenvalue weighted by Crippen LogP contribution is 2.20. The third-order valence-electron chi connectivity index (χ3n) is 2.22. The van der Waals surface area contributed by atoms with Gasteiger partial charge in [-0.3, -0.25) is 0 Å². The fourth-order valence-corrected chi connectivity index (χ4v) is 1.36. The molecule has 0 aliphatic rings. The fourth-order valence-electron chi connectivity index (χ4n) is 1.36. The highest BCUT2D eigenvalue weighted by molar-refractivity contribution is 6.16. The van der Waals surface area contributed by atoms with E-state index in [2.05, 4.69) is 0 Å². The van der Waals surface area contributed by atoms with Crippen LogP contribution in [0.4, 0.5) is 0 Å². The molecule has 0 aromatic heterocycles. The maximum Gasteiger partial charge on any atom is 0.338 e. The number of benzene rings is 1. The number of esters is 1. The summed E-state index contributed by atoms with van der Waals surface area (Å²) in [6.07, 6.45) is 3.65. The van der Waals surface area contributed by atoms with E-state index in [0.717, 1.165) is 18.4 Å². The van der Waals surface area contributed by atoms with Gasteiger partial charge in [0.15, 0.2) is 0 Å². The Morgan fingerprint density at radius 1 is 1.38 bits per heavy atom. The van der Waals surface area contributed by atoms with Gasteiger partial charge >= 0.3 is 5.97 Å². The van der Waals surface area contributed by atoms with Crippen LogP contribution in [-0.2, 0) is 9.53 Å². The Kier molecular flexibility index (Phi) is 4.58. The monoisotopic (exact) mass is 220 g/mol. The van der Waals surface area contributed by atoms with Crippen LogP contribution in [0.3, 0.4) is 0 Å². The lowest BCUT2D eigenvalue weighted by atomic mass is 10.0. The minimum atomic E-state index is -0.348. The number of phenolic OH excluding ortho intramolecular Hbond substituents is 1. The molecule has 0 saturated carbocycles. The fraction of sp³-hybridized carbons (Fsp3) is 0.308. The lowest BCUT2D eigenvalue weighted by Gasteiger charge is -2.05. The highest BCUT2D eigenvalue weighted by atomic mass is 16.5. The van der Waals surface area contributed by atoms with Gasteiger partial charge in [-0.1, -0.05) is 31.6 Å². The number of unbranched alkanes of at least 4 members (excludes halogenated alkanes) is 1. The number of hydrogen-bond acceptors (Lipinski definition) is 3. The average molecular weight is 220 g/mol. The zero-order chi connectivity index (χ0) is 12.0. The number of hydrogen-bond donors (Lipinski definition) is 1. The summed E-state index contributed by atoms with van der Waals surface area (Å²) in [6.45, 7) is 2.04. The maximum atomic E-state index is 11.6. The van der Waals surface area contributed by atoms with E-state index in [4.69, 9.17) is 4.74 Å². The van der Waals surface area contributed by atoms with Crippen molar-refractivity contribution in [1.29, 1.82) is 0 Å². The predicted octanol–water partition coefficient (Wildman–Crippen LogP) is 2.75. The molecule has 16 heavy (non-hydrogen) atoms. The van der Waals surface area contributed by atoms with Gasteiger partial charge in [0.25, 0.3) is 0 Å². The van der Waals surface area contributed by atoms with E-state index in [1.807, 2.05) is 13.0 Å². The molecule has 0 unspecified atom stereocenters. The number of allylic oxidation sites excluding steroid dienone is 1. The summed E-state index contributed by atoms with van der Waals surface area (Å²) in [4.78, 5) is 11.6. The van der Waals surface area contributed by atoms with Crippen molar-refractivity contribution >= 4 is 11.5 Å². The second-order valence-electron chi connectivity index (χ2n) is 3.44. The van der Waals surface area contributed by atoms with Crippen LogP contribution in [0.2, 0.25) is 0 Å². The van der Waals surface area contributed by atoms with Gasteiger partial charge in [-0.25, -0.2) is 4.79 Å². The summed E-state index contributed by atoms with van der Waals surface area (Å²) in [5, 5.41) is 9.17. The molecular formula is C13H16O3. The van der Waals surface area contributed by atoms with Gasteiger partial charge < -0.3 is 9.84 Å². The molecule has 1 rings (SSSR count). The predicted molar refractivity (Wildman–Crippen MR) is 63.0 cm³/mol. The van der Waals surface area contributed by atoms with E-state index >= 15 is 0 Å². The molecule has 0 heterocycles. The normalized spacial score (nSPS) is 11.2. The Morgan fingerprint density at radius 2 is 2.00 bits per heavy atom. The number of methoxy groups -OCH3 is 1.